The summed E-state index contributed by atoms with van der Waals surface area (Å²) < 4.78 is 0. The Morgan fingerprint density at radius 3 is 0.791 bits per heavy atom. The lowest BCUT2D eigenvalue weighted by Crippen LogP contribution is -2.18. The molecule has 0 saturated heterocycles. The largest absolute Gasteiger partial charge is 0.310 e. The molecule has 0 aliphatic heterocycles. The van der Waals surface area contributed by atoms with Crippen molar-refractivity contribution in [2.24, 2.45) is 0 Å². The zero-order chi connectivity index (χ0) is 73.3. The second-order valence-electron chi connectivity index (χ2n) is 31.0. The molecule has 0 heterocycles. The van der Waals surface area contributed by atoms with Crippen LogP contribution in [0.4, 0.5) is 34.1 Å². The summed E-state index contributed by atoms with van der Waals surface area (Å²) in [5.74, 6) is 0. The van der Waals surface area contributed by atoms with Crippen molar-refractivity contribution in [3.05, 3.63) is 411 Å². The molecule has 2 nitrogen and oxygen atoms in total. The van der Waals surface area contributed by atoms with Crippen LogP contribution in [0.25, 0.3) is 154 Å². The smallest absolute Gasteiger partial charge is 0.0473 e. The van der Waals surface area contributed by atoms with Crippen LogP contribution in [0.15, 0.2) is 388 Å². The van der Waals surface area contributed by atoms with Gasteiger partial charge < -0.3 is 9.80 Å². The van der Waals surface area contributed by atoms with E-state index in [4.69, 9.17) is 0 Å². The third-order valence-corrected chi connectivity index (χ3v) is 24.2. The molecule has 0 fully saturated rings. The summed E-state index contributed by atoms with van der Waals surface area (Å²) >= 11 is 0. The predicted molar refractivity (Wildman–Crippen MR) is 469 cm³/mol. The number of rotatable bonds is 12. The third-order valence-electron chi connectivity index (χ3n) is 24.2. The van der Waals surface area contributed by atoms with Gasteiger partial charge in [-0.3, -0.25) is 0 Å². The highest BCUT2D eigenvalue weighted by molar-refractivity contribution is 6.20. The Bertz CT molecular complexity index is 6470. The van der Waals surface area contributed by atoms with Gasteiger partial charge in [-0.25, -0.2) is 0 Å². The zero-order valence-corrected chi connectivity index (χ0v) is 61.8. The lowest BCUT2D eigenvalue weighted by Gasteiger charge is -2.29. The predicted octanol–water partition coefficient (Wildman–Crippen LogP) is 30.2. The molecule has 19 aromatic rings. The van der Waals surface area contributed by atoms with Crippen molar-refractivity contribution >= 4 is 98.8 Å². The number of para-hydroxylation sites is 3. The lowest BCUT2D eigenvalue weighted by molar-refractivity contribution is 0.652. The molecule has 2 aliphatic carbocycles. The minimum absolute atomic E-state index is 0.271. The Morgan fingerprint density at radius 1 is 0.164 bits per heavy atom. The maximum atomic E-state index is 2.55. The third kappa shape index (κ3) is 10.3. The highest BCUT2D eigenvalue weighted by atomic mass is 15.1. The van der Waals surface area contributed by atoms with Gasteiger partial charge in [-0.1, -0.05) is 325 Å². The van der Waals surface area contributed by atoms with E-state index in [2.05, 4.69) is 426 Å². The molecule has 2 aliphatic rings. The number of hydrogen-bond donors (Lipinski definition) is 0. The number of benzene rings is 19. The van der Waals surface area contributed by atoms with Crippen LogP contribution in [-0.4, -0.2) is 0 Å². The Kier molecular flexibility index (Phi) is 15.0. The Hall–Kier alpha value is -13.7. The molecule has 0 aromatic heterocycles. The van der Waals surface area contributed by atoms with Crippen LogP contribution in [0.5, 0.6) is 0 Å². The fourth-order valence-corrected chi connectivity index (χ4v) is 18.9. The van der Waals surface area contributed by atoms with E-state index in [1.807, 2.05) is 0 Å². The van der Waals surface area contributed by atoms with Gasteiger partial charge in [-0.2, -0.15) is 0 Å². The number of fused-ring (bicyclic) bond motifs is 12. The average Bonchev–Trinajstić information content (AvgIpc) is 1.54. The quantitative estimate of drug-likeness (QED) is 0.120. The second-order valence-corrected chi connectivity index (χ2v) is 31.0. The van der Waals surface area contributed by atoms with Gasteiger partial charge in [0.1, 0.15) is 0 Å². The average molecular weight is 1400 g/mol. The number of anilines is 6. The molecule has 0 amide bonds. The van der Waals surface area contributed by atoms with E-state index in [-0.39, 0.29) is 10.8 Å². The maximum absolute atomic E-state index is 2.55. The first-order valence-corrected chi connectivity index (χ1v) is 38.5. The zero-order valence-electron chi connectivity index (χ0n) is 61.8. The minimum Gasteiger partial charge on any atom is -0.310 e. The molecule has 0 atom stereocenters. The second kappa shape index (κ2) is 25.5. The highest BCUT2D eigenvalue weighted by Crippen LogP contribution is 2.59. The standard InChI is InChI=1S/C108H76N2/c1-107(2)101-65-78(109(75-36-8-5-9-37-75)76-38-10-6-11-39-76)54-56-91(101)99-67-104-100(68-103(99)107)92-57-55-79(66-102(92)108(104,3)4)110(77-40-12-7-13-41-77)80-63-73(85-58-60-97(89-48-24-34-71-30-16-20-44-83(71)89)105-93(85)50-26-52-95(105)87-46-22-32-69-28-14-18-42-81(69)87)62-74(64-80)86-59-61-98(90-49-25-35-72-31-17-21-45-84(72)90)106-94(86)51-27-53-96(106)88-47-23-33-70-29-15-19-43-82(70)88/h5-68H,1-4H3. The number of hydrogen-bond acceptors (Lipinski definition) is 2. The Balaban J connectivity index is 0.789. The Morgan fingerprint density at radius 2 is 0.427 bits per heavy atom. The van der Waals surface area contributed by atoms with E-state index in [0.717, 1.165) is 56.4 Å². The van der Waals surface area contributed by atoms with Crippen molar-refractivity contribution in [2.45, 2.75) is 38.5 Å². The molecule has 0 saturated carbocycles. The maximum Gasteiger partial charge on any atom is 0.0473 e. The van der Waals surface area contributed by atoms with Crippen molar-refractivity contribution in [3.63, 3.8) is 0 Å². The summed E-state index contributed by atoms with van der Waals surface area (Å²) in [4.78, 5) is 4.91. The van der Waals surface area contributed by atoms with Gasteiger partial charge >= 0.3 is 0 Å². The van der Waals surface area contributed by atoms with E-state index < -0.39 is 0 Å². The van der Waals surface area contributed by atoms with Crippen molar-refractivity contribution in [1.82, 2.24) is 0 Å². The topological polar surface area (TPSA) is 6.48 Å². The molecule has 518 valence electrons. The van der Waals surface area contributed by atoms with Crippen LogP contribution in [0.2, 0.25) is 0 Å². The molecule has 2 heteroatoms. The first kappa shape index (κ1) is 64.7. The van der Waals surface area contributed by atoms with E-state index in [0.29, 0.717) is 0 Å². The molecule has 0 bridgehead atoms. The first-order valence-electron chi connectivity index (χ1n) is 38.5. The molecule has 110 heavy (non-hydrogen) atoms. The molecule has 0 unspecified atom stereocenters. The molecule has 0 radical (unpaired) electrons. The summed E-state index contributed by atoms with van der Waals surface area (Å²) in [6.07, 6.45) is 0. The molecule has 19 aromatic carbocycles. The molecule has 0 spiro atoms. The van der Waals surface area contributed by atoms with E-state index in [9.17, 15) is 0 Å². The summed E-state index contributed by atoms with van der Waals surface area (Å²) in [5.41, 5.74) is 30.8. The fourth-order valence-electron chi connectivity index (χ4n) is 18.9. The van der Waals surface area contributed by atoms with Crippen LogP contribution < -0.4 is 9.80 Å². The van der Waals surface area contributed by atoms with Gasteiger partial charge in [0.05, 0.1) is 0 Å². The summed E-state index contributed by atoms with van der Waals surface area (Å²) in [5, 5.41) is 14.6. The summed E-state index contributed by atoms with van der Waals surface area (Å²) in [6, 6.07) is 146. The summed E-state index contributed by atoms with van der Waals surface area (Å²) in [7, 11) is 0. The fraction of sp³-hybridized carbons (Fsp3) is 0.0556. The van der Waals surface area contributed by atoms with E-state index in [1.54, 1.807) is 0 Å². The van der Waals surface area contributed by atoms with Gasteiger partial charge in [0, 0.05) is 45.0 Å². The van der Waals surface area contributed by atoms with E-state index in [1.165, 1.54) is 154 Å². The van der Waals surface area contributed by atoms with E-state index >= 15 is 0 Å². The van der Waals surface area contributed by atoms with Crippen LogP contribution in [0.3, 0.4) is 0 Å². The monoisotopic (exact) mass is 1400 g/mol. The van der Waals surface area contributed by atoms with Crippen molar-refractivity contribution in [1.29, 1.82) is 0 Å². The molecule has 0 N–H and O–H groups in total. The van der Waals surface area contributed by atoms with Gasteiger partial charge in [-0.15, -0.1) is 0 Å². The lowest BCUT2D eigenvalue weighted by atomic mass is 9.79. The summed E-state index contributed by atoms with van der Waals surface area (Å²) in [6.45, 7) is 9.73. The van der Waals surface area contributed by atoms with Gasteiger partial charge in [0.2, 0.25) is 0 Å². The number of nitrogens with zero attached hydrogens (tertiary/aromatic N) is 2. The van der Waals surface area contributed by atoms with Crippen molar-refractivity contribution in [2.75, 3.05) is 9.80 Å². The first-order chi connectivity index (χ1) is 54.1. The van der Waals surface area contributed by atoms with Gasteiger partial charge in [0.15, 0.2) is 0 Å². The van der Waals surface area contributed by atoms with Crippen LogP contribution in [0, 0.1) is 0 Å². The van der Waals surface area contributed by atoms with Crippen LogP contribution >= 0.6 is 0 Å². The minimum atomic E-state index is -0.353. The highest BCUT2D eigenvalue weighted by Gasteiger charge is 2.43. The molecular weight excluding hydrogens is 1330 g/mol. The van der Waals surface area contributed by atoms with Crippen LogP contribution in [-0.2, 0) is 10.8 Å². The van der Waals surface area contributed by atoms with Gasteiger partial charge in [-0.05, 0) is 267 Å². The SMILES string of the molecule is CC1(C)c2cc(N(c3ccccc3)c3ccccc3)ccc2-c2cc3c(cc21)-c1ccc(N(c2ccccc2)c2cc(-c4ccc(-c5cccc6ccccc56)c5c(-c6cccc7ccccc67)cccc45)cc(-c4ccc(-c5cccc6ccccc56)c5c(-c6cccc7ccccc67)cccc45)c2)cc1C3(C)C. The Labute approximate surface area is 642 Å². The van der Waals surface area contributed by atoms with Crippen LogP contribution in [0.1, 0.15) is 49.9 Å². The van der Waals surface area contributed by atoms with Gasteiger partial charge in [0.25, 0.3) is 0 Å². The molecular formula is C108H76N2. The normalized spacial score (nSPS) is 13.1. The molecule has 21 rings (SSSR count). The van der Waals surface area contributed by atoms with Crippen molar-refractivity contribution in [3.8, 4) is 89.0 Å². The van der Waals surface area contributed by atoms with Crippen molar-refractivity contribution < 1.29 is 0 Å².